The molecular weight excluding hydrogens is 579 g/mol. The van der Waals surface area contributed by atoms with Crippen LogP contribution < -0.4 is 26.4 Å². The number of aromatic nitrogens is 1. The smallest absolute Gasteiger partial charge is 0.251 e. The predicted octanol–water partition coefficient (Wildman–Crippen LogP) is 6.71. The molecule has 1 saturated heterocycles. The van der Waals surface area contributed by atoms with E-state index >= 15 is 0 Å². The second kappa shape index (κ2) is 12.2. The Balaban J connectivity index is 1.18. The maximum absolute atomic E-state index is 13.7. The number of amides is 1. The molecule has 1 aromatic heterocycles. The number of anilines is 3. The van der Waals surface area contributed by atoms with Gasteiger partial charge in [-0.3, -0.25) is 9.59 Å². The van der Waals surface area contributed by atoms with Gasteiger partial charge in [-0.25, -0.2) is 0 Å². The summed E-state index contributed by atoms with van der Waals surface area (Å²) >= 11 is 5.81. The van der Waals surface area contributed by atoms with Crippen LogP contribution in [-0.2, 0) is 13.0 Å². The van der Waals surface area contributed by atoms with Crippen molar-refractivity contribution in [3.63, 3.8) is 0 Å². The minimum atomic E-state index is -0.0943. The van der Waals surface area contributed by atoms with E-state index in [9.17, 15) is 9.59 Å². The molecule has 45 heavy (non-hydrogen) atoms. The minimum absolute atomic E-state index is 0.00370. The molecule has 0 radical (unpaired) electrons. The fraction of sp³-hybridized carbons (Fsp3) is 0.324. The molecule has 3 aromatic carbocycles. The molecule has 3 heterocycles. The van der Waals surface area contributed by atoms with Crippen molar-refractivity contribution >= 4 is 40.3 Å². The third kappa shape index (κ3) is 5.99. The lowest BCUT2D eigenvalue weighted by molar-refractivity contribution is 0.0933. The highest BCUT2D eigenvalue weighted by molar-refractivity contribution is 7.80. The van der Waals surface area contributed by atoms with Crippen molar-refractivity contribution < 1.29 is 4.79 Å². The number of aryl methyl sites for hydroxylation is 3. The lowest BCUT2D eigenvalue weighted by atomic mass is 9.83. The molecule has 8 heteroatoms. The van der Waals surface area contributed by atoms with Crippen LogP contribution >= 0.6 is 12.2 Å². The number of pyridine rings is 1. The predicted molar refractivity (Wildman–Crippen MR) is 186 cm³/mol. The second-order valence-corrected chi connectivity index (χ2v) is 13.2. The van der Waals surface area contributed by atoms with Gasteiger partial charge in [0.1, 0.15) is 0 Å². The standard InChI is InChI=1S/C37H39N5O2S/c1-23-13-15-29(17-24(23)2)38-37(45)40-32-19-27(36(44)39-31-10-5-8-26-7-3-4-9-30(26)31)14-16-34(32)41-20-25-18-28(22-41)33-11-6-12-35(43)42(33)21-25/h3-4,6-7,9,11-17,19,25,28,31H,5,8,10,18,20-22H2,1-2H3,(H,39,44)(H2,38,40,45)/t25-,28+,31-/m1/s1. The molecule has 0 unspecified atom stereocenters. The summed E-state index contributed by atoms with van der Waals surface area (Å²) in [4.78, 5) is 28.7. The maximum atomic E-state index is 13.7. The molecule has 1 fully saturated rings. The van der Waals surface area contributed by atoms with E-state index in [2.05, 4.69) is 71.1 Å². The van der Waals surface area contributed by atoms with Gasteiger partial charge in [0, 0.05) is 48.6 Å². The van der Waals surface area contributed by atoms with Crippen molar-refractivity contribution in [3.05, 3.63) is 123 Å². The van der Waals surface area contributed by atoms with Gasteiger partial charge in [-0.1, -0.05) is 36.4 Å². The number of nitrogens with one attached hydrogen (secondary N) is 3. The Kier molecular flexibility index (Phi) is 7.92. The van der Waals surface area contributed by atoms with E-state index in [0.717, 1.165) is 68.1 Å². The average Bonchev–Trinajstić information content (AvgIpc) is 3.03. The molecule has 1 amide bonds. The molecule has 230 valence electrons. The summed E-state index contributed by atoms with van der Waals surface area (Å²) in [5.74, 6) is 0.525. The Labute approximate surface area is 269 Å². The second-order valence-electron chi connectivity index (χ2n) is 12.8. The monoisotopic (exact) mass is 617 g/mol. The van der Waals surface area contributed by atoms with Gasteiger partial charge >= 0.3 is 0 Å². The molecular formula is C37H39N5O2S. The normalized spacial score (nSPS) is 20.0. The first-order chi connectivity index (χ1) is 21.8. The van der Waals surface area contributed by atoms with E-state index in [1.54, 1.807) is 6.07 Å². The van der Waals surface area contributed by atoms with Crippen LogP contribution in [0.15, 0.2) is 83.7 Å². The van der Waals surface area contributed by atoms with Crippen LogP contribution in [0.4, 0.5) is 17.1 Å². The molecule has 7 nitrogen and oxygen atoms in total. The molecule has 2 bridgehead atoms. The average molecular weight is 618 g/mol. The van der Waals surface area contributed by atoms with E-state index in [1.807, 2.05) is 41.0 Å². The van der Waals surface area contributed by atoms with E-state index in [0.29, 0.717) is 16.6 Å². The number of carbonyl (C=O) groups is 1. The summed E-state index contributed by atoms with van der Waals surface area (Å²) in [6.45, 7) is 6.51. The van der Waals surface area contributed by atoms with Gasteiger partial charge in [-0.2, -0.15) is 0 Å². The SMILES string of the molecule is Cc1ccc(NC(=S)Nc2cc(C(=O)N[C@@H]3CCCc4ccccc43)ccc2N2C[C@H]3C[C@@H](C2)c2cccc(=O)n2C3)cc1C. The Bertz CT molecular complexity index is 1850. The van der Waals surface area contributed by atoms with Crippen molar-refractivity contribution in [1.82, 2.24) is 9.88 Å². The summed E-state index contributed by atoms with van der Waals surface area (Å²) in [7, 11) is 0. The van der Waals surface area contributed by atoms with Crippen LogP contribution in [0, 0.1) is 19.8 Å². The lowest BCUT2D eigenvalue weighted by Crippen LogP contribution is -2.47. The largest absolute Gasteiger partial charge is 0.369 e. The molecule has 1 aliphatic carbocycles. The summed E-state index contributed by atoms with van der Waals surface area (Å²) in [5.41, 5.74) is 9.42. The molecule has 3 N–H and O–H groups in total. The summed E-state index contributed by atoms with van der Waals surface area (Å²) in [5, 5.41) is 10.6. The molecule has 0 spiro atoms. The first-order valence-electron chi connectivity index (χ1n) is 15.9. The minimum Gasteiger partial charge on any atom is -0.369 e. The number of rotatable bonds is 5. The zero-order chi connectivity index (χ0) is 31.1. The number of benzene rings is 3. The Hall–Kier alpha value is -4.43. The molecule has 7 rings (SSSR count). The van der Waals surface area contributed by atoms with Gasteiger partial charge in [0.15, 0.2) is 5.11 Å². The lowest BCUT2D eigenvalue weighted by Gasteiger charge is -2.44. The molecule has 3 atom stereocenters. The third-order valence-electron chi connectivity index (χ3n) is 9.77. The van der Waals surface area contributed by atoms with Crippen molar-refractivity contribution in [2.24, 2.45) is 5.92 Å². The van der Waals surface area contributed by atoms with Crippen molar-refractivity contribution in [3.8, 4) is 0 Å². The zero-order valence-electron chi connectivity index (χ0n) is 25.8. The number of hydrogen-bond acceptors (Lipinski definition) is 4. The van der Waals surface area contributed by atoms with Gasteiger partial charge in [0.05, 0.1) is 17.4 Å². The van der Waals surface area contributed by atoms with Crippen LogP contribution in [0.2, 0.25) is 0 Å². The number of piperidine rings is 1. The fourth-order valence-electron chi connectivity index (χ4n) is 7.40. The van der Waals surface area contributed by atoms with E-state index in [-0.39, 0.29) is 23.4 Å². The first-order valence-corrected chi connectivity index (χ1v) is 16.4. The Morgan fingerprint density at radius 2 is 1.76 bits per heavy atom. The van der Waals surface area contributed by atoms with Gasteiger partial charge in [-0.15, -0.1) is 0 Å². The van der Waals surface area contributed by atoms with Crippen LogP contribution in [-0.4, -0.2) is 28.7 Å². The van der Waals surface area contributed by atoms with Crippen LogP contribution in [0.3, 0.4) is 0 Å². The number of thiocarbonyl (C=S) groups is 1. The number of nitrogens with zero attached hydrogens (tertiary/aromatic N) is 2. The number of carbonyl (C=O) groups excluding carboxylic acids is 1. The quantitative estimate of drug-likeness (QED) is 0.216. The van der Waals surface area contributed by atoms with Crippen molar-refractivity contribution in [2.45, 2.75) is 58.0 Å². The van der Waals surface area contributed by atoms with E-state index in [4.69, 9.17) is 12.2 Å². The van der Waals surface area contributed by atoms with Gasteiger partial charge in [-0.05, 0) is 116 Å². The third-order valence-corrected chi connectivity index (χ3v) is 9.97. The van der Waals surface area contributed by atoms with Gasteiger partial charge in [0.2, 0.25) is 0 Å². The van der Waals surface area contributed by atoms with Crippen LogP contribution in [0.25, 0.3) is 0 Å². The summed E-state index contributed by atoms with van der Waals surface area (Å²) in [6, 6.07) is 26.1. The highest BCUT2D eigenvalue weighted by Crippen LogP contribution is 2.39. The summed E-state index contributed by atoms with van der Waals surface area (Å²) in [6.07, 6.45) is 4.10. The number of hydrogen-bond donors (Lipinski definition) is 3. The van der Waals surface area contributed by atoms with Crippen molar-refractivity contribution in [2.75, 3.05) is 28.6 Å². The molecule has 3 aliphatic rings. The van der Waals surface area contributed by atoms with E-state index < -0.39 is 0 Å². The Morgan fingerprint density at radius 3 is 2.62 bits per heavy atom. The molecule has 4 aromatic rings. The topological polar surface area (TPSA) is 78.4 Å². The molecule has 0 saturated carbocycles. The Morgan fingerprint density at radius 1 is 0.889 bits per heavy atom. The van der Waals surface area contributed by atoms with E-state index in [1.165, 1.54) is 22.3 Å². The first kappa shape index (κ1) is 29.3. The van der Waals surface area contributed by atoms with Crippen LogP contribution in [0.1, 0.15) is 69.5 Å². The molecule has 2 aliphatic heterocycles. The van der Waals surface area contributed by atoms with Gasteiger partial charge < -0.3 is 25.4 Å². The highest BCUT2D eigenvalue weighted by Gasteiger charge is 2.35. The zero-order valence-corrected chi connectivity index (χ0v) is 26.6. The number of fused-ring (bicyclic) bond motifs is 5. The summed E-state index contributed by atoms with van der Waals surface area (Å²) < 4.78 is 1.95. The van der Waals surface area contributed by atoms with Gasteiger partial charge in [0.25, 0.3) is 11.5 Å². The van der Waals surface area contributed by atoms with Crippen LogP contribution in [0.5, 0.6) is 0 Å². The maximum Gasteiger partial charge on any atom is 0.251 e. The highest BCUT2D eigenvalue weighted by atomic mass is 32.1. The van der Waals surface area contributed by atoms with Crippen molar-refractivity contribution in [1.29, 1.82) is 0 Å². The fourth-order valence-corrected chi connectivity index (χ4v) is 7.62.